The summed E-state index contributed by atoms with van der Waals surface area (Å²) in [4.78, 5) is 2.34. The van der Waals surface area contributed by atoms with Gasteiger partial charge in [-0.25, -0.2) is 0 Å². The molecule has 0 spiro atoms. The van der Waals surface area contributed by atoms with E-state index in [0.717, 1.165) is 19.6 Å². The molecule has 3 heteroatoms. The largest absolute Gasteiger partial charge is 0.355 e. The van der Waals surface area contributed by atoms with Gasteiger partial charge in [0.1, 0.15) is 0 Å². The van der Waals surface area contributed by atoms with E-state index in [0.29, 0.717) is 0 Å². The van der Waals surface area contributed by atoms with Crippen molar-refractivity contribution < 1.29 is 9.47 Å². The van der Waals surface area contributed by atoms with Crippen molar-refractivity contribution in [1.82, 2.24) is 4.90 Å². The van der Waals surface area contributed by atoms with Crippen molar-refractivity contribution in [2.24, 2.45) is 0 Å². The van der Waals surface area contributed by atoms with Gasteiger partial charge in [-0.15, -0.1) is 0 Å². The molecule has 0 saturated carbocycles. The van der Waals surface area contributed by atoms with Crippen LogP contribution in [0.4, 0.5) is 0 Å². The summed E-state index contributed by atoms with van der Waals surface area (Å²) in [5.74, 6) is 0. The Morgan fingerprint density at radius 1 is 0.762 bits per heavy atom. The summed E-state index contributed by atoms with van der Waals surface area (Å²) in [7, 11) is 3.36. The van der Waals surface area contributed by atoms with Crippen molar-refractivity contribution in [1.29, 1.82) is 0 Å². The standard InChI is InChI=1S/C18H23NO2/c1-20-18(21-2)15-19(13-16-9-5-3-6-10-16)14-17-11-7-4-8-12-17/h3-12,18H,13-15H2,1-2H3. The third-order valence-corrected chi connectivity index (χ3v) is 3.43. The molecule has 0 N–H and O–H groups in total. The summed E-state index contributed by atoms with van der Waals surface area (Å²) in [6.45, 7) is 2.48. The van der Waals surface area contributed by atoms with E-state index in [9.17, 15) is 0 Å². The van der Waals surface area contributed by atoms with Gasteiger partial charge in [0.15, 0.2) is 6.29 Å². The van der Waals surface area contributed by atoms with E-state index in [2.05, 4.69) is 53.4 Å². The minimum absolute atomic E-state index is 0.211. The number of ether oxygens (including phenoxy) is 2. The van der Waals surface area contributed by atoms with Crippen LogP contribution in [0.3, 0.4) is 0 Å². The average Bonchev–Trinajstić information content (AvgIpc) is 2.54. The van der Waals surface area contributed by atoms with Crippen molar-refractivity contribution in [3.63, 3.8) is 0 Å². The normalized spacial score (nSPS) is 11.2. The molecule has 0 amide bonds. The fourth-order valence-corrected chi connectivity index (χ4v) is 2.32. The molecule has 0 bridgehead atoms. The third-order valence-electron chi connectivity index (χ3n) is 3.43. The molecule has 0 fully saturated rings. The minimum atomic E-state index is -0.211. The Morgan fingerprint density at radius 3 is 1.57 bits per heavy atom. The molecule has 0 radical (unpaired) electrons. The van der Waals surface area contributed by atoms with Crippen molar-refractivity contribution in [2.45, 2.75) is 19.4 Å². The van der Waals surface area contributed by atoms with Gasteiger partial charge < -0.3 is 9.47 Å². The average molecular weight is 285 g/mol. The van der Waals surface area contributed by atoms with E-state index in [4.69, 9.17) is 9.47 Å². The summed E-state index contributed by atoms with van der Waals surface area (Å²) in [5.41, 5.74) is 2.58. The number of rotatable bonds is 8. The Bertz CT molecular complexity index is 456. The molecule has 3 nitrogen and oxygen atoms in total. The van der Waals surface area contributed by atoms with Crippen LogP contribution in [-0.2, 0) is 22.6 Å². The van der Waals surface area contributed by atoms with Crippen LogP contribution < -0.4 is 0 Å². The first kappa shape index (κ1) is 15.7. The van der Waals surface area contributed by atoms with Crippen molar-refractivity contribution >= 4 is 0 Å². The first-order chi connectivity index (χ1) is 10.3. The van der Waals surface area contributed by atoms with Gasteiger partial charge in [0.05, 0.1) is 6.54 Å². The lowest BCUT2D eigenvalue weighted by Gasteiger charge is -2.26. The second-order valence-corrected chi connectivity index (χ2v) is 5.04. The summed E-state index contributed by atoms with van der Waals surface area (Å²) in [5, 5.41) is 0. The highest BCUT2D eigenvalue weighted by atomic mass is 16.7. The van der Waals surface area contributed by atoms with E-state index < -0.39 is 0 Å². The highest BCUT2D eigenvalue weighted by Gasteiger charge is 2.14. The van der Waals surface area contributed by atoms with Crippen LogP contribution in [0.25, 0.3) is 0 Å². The SMILES string of the molecule is COC(CN(Cc1ccccc1)Cc1ccccc1)OC. The maximum Gasteiger partial charge on any atom is 0.169 e. The van der Waals surface area contributed by atoms with Gasteiger partial charge in [-0.2, -0.15) is 0 Å². The number of hydrogen-bond donors (Lipinski definition) is 0. The summed E-state index contributed by atoms with van der Waals surface area (Å²) >= 11 is 0. The third kappa shape index (κ3) is 5.31. The lowest BCUT2D eigenvalue weighted by molar-refractivity contribution is -0.118. The van der Waals surface area contributed by atoms with E-state index >= 15 is 0 Å². The fourth-order valence-electron chi connectivity index (χ4n) is 2.32. The minimum Gasteiger partial charge on any atom is -0.355 e. The molecule has 0 aliphatic rings. The monoisotopic (exact) mass is 285 g/mol. The van der Waals surface area contributed by atoms with Crippen LogP contribution in [0.1, 0.15) is 11.1 Å². The summed E-state index contributed by atoms with van der Waals surface area (Å²) < 4.78 is 10.7. The molecule has 112 valence electrons. The topological polar surface area (TPSA) is 21.7 Å². The molecule has 0 heterocycles. The number of hydrogen-bond acceptors (Lipinski definition) is 3. The first-order valence-corrected chi connectivity index (χ1v) is 7.17. The van der Waals surface area contributed by atoms with Gasteiger partial charge in [0.25, 0.3) is 0 Å². The highest BCUT2D eigenvalue weighted by Crippen LogP contribution is 2.11. The Morgan fingerprint density at radius 2 is 1.19 bits per heavy atom. The molecule has 0 aliphatic heterocycles. The lowest BCUT2D eigenvalue weighted by Crippen LogP contribution is -2.33. The first-order valence-electron chi connectivity index (χ1n) is 7.17. The number of methoxy groups -OCH3 is 2. The zero-order valence-corrected chi connectivity index (χ0v) is 12.7. The van der Waals surface area contributed by atoms with Crippen molar-refractivity contribution in [3.8, 4) is 0 Å². The Hall–Kier alpha value is -1.68. The van der Waals surface area contributed by atoms with E-state index in [1.54, 1.807) is 14.2 Å². The van der Waals surface area contributed by atoms with Crippen molar-refractivity contribution in [3.05, 3.63) is 71.8 Å². The zero-order valence-electron chi connectivity index (χ0n) is 12.7. The zero-order chi connectivity index (χ0) is 14.9. The highest BCUT2D eigenvalue weighted by molar-refractivity contribution is 5.17. The fraction of sp³-hybridized carbons (Fsp3) is 0.333. The molecule has 0 atom stereocenters. The maximum absolute atomic E-state index is 5.34. The molecule has 0 saturated heterocycles. The van der Waals surface area contributed by atoms with Crippen LogP contribution >= 0.6 is 0 Å². The van der Waals surface area contributed by atoms with Gasteiger partial charge in [0, 0.05) is 27.3 Å². The molecule has 0 unspecified atom stereocenters. The van der Waals surface area contributed by atoms with E-state index in [1.807, 2.05) is 12.1 Å². The Kier molecular flexibility index (Phi) is 6.41. The summed E-state index contributed by atoms with van der Waals surface area (Å²) in [6, 6.07) is 20.9. The van der Waals surface area contributed by atoms with Crippen LogP contribution in [0.5, 0.6) is 0 Å². The van der Waals surface area contributed by atoms with Gasteiger partial charge in [0.2, 0.25) is 0 Å². The maximum atomic E-state index is 5.34. The van der Waals surface area contributed by atoms with Gasteiger partial charge in [-0.3, -0.25) is 4.90 Å². The van der Waals surface area contributed by atoms with Crippen molar-refractivity contribution in [2.75, 3.05) is 20.8 Å². The molecule has 2 aromatic rings. The summed E-state index contributed by atoms with van der Waals surface area (Å²) in [6.07, 6.45) is -0.211. The second-order valence-electron chi connectivity index (χ2n) is 5.04. The predicted molar refractivity (Wildman–Crippen MR) is 84.8 cm³/mol. The quantitative estimate of drug-likeness (QED) is 0.695. The molecule has 2 rings (SSSR count). The predicted octanol–water partition coefficient (Wildman–Crippen LogP) is 3.31. The Balaban J connectivity index is 2.06. The van der Waals surface area contributed by atoms with Crippen LogP contribution in [0.2, 0.25) is 0 Å². The smallest absolute Gasteiger partial charge is 0.169 e. The van der Waals surface area contributed by atoms with Crippen LogP contribution in [-0.4, -0.2) is 32.0 Å². The second kappa shape index (κ2) is 8.57. The van der Waals surface area contributed by atoms with Crippen LogP contribution in [0, 0.1) is 0 Å². The number of benzene rings is 2. The molecular weight excluding hydrogens is 262 g/mol. The molecule has 21 heavy (non-hydrogen) atoms. The van der Waals surface area contributed by atoms with Crippen LogP contribution in [0.15, 0.2) is 60.7 Å². The lowest BCUT2D eigenvalue weighted by atomic mass is 10.1. The molecule has 2 aromatic carbocycles. The van der Waals surface area contributed by atoms with Gasteiger partial charge in [-0.05, 0) is 11.1 Å². The molecular formula is C18H23NO2. The van der Waals surface area contributed by atoms with E-state index in [-0.39, 0.29) is 6.29 Å². The molecule has 0 aromatic heterocycles. The van der Waals surface area contributed by atoms with E-state index in [1.165, 1.54) is 11.1 Å². The number of nitrogens with zero attached hydrogens (tertiary/aromatic N) is 1. The molecule has 0 aliphatic carbocycles. The Labute approximate surface area is 127 Å². The van der Waals surface area contributed by atoms with Gasteiger partial charge >= 0.3 is 0 Å². The van der Waals surface area contributed by atoms with Gasteiger partial charge in [-0.1, -0.05) is 60.7 Å².